The van der Waals surface area contributed by atoms with Crippen molar-refractivity contribution in [1.29, 1.82) is 0 Å². The summed E-state index contributed by atoms with van der Waals surface area (Å²) in [5.74, 6) is 0. The highest BCUT2D eigenvalue weighted by atomic mass is 16.1. The molecule has 106 valence electrons. The van der Waals surface area contributed by atoms with Gasteiger partial charge < -0.3 is 4.57 Å². The number of azide groups is 1. The Kier molecular flexibility index (Phi) is 3.12. The first kappa shape index (κ1) is 13.2. The third-order valence-corrected chi connectivity index (χ3v) is 3.60. The van der Waals surface area contributed by atoms with Gasteiger partial charge in [0, 0.05) is 30.4 Å². The van der Waals surface area contributed by atoms with E-state index in [9.17, 15) is 4.79 Å². The van der Waals surface area contributed by atoms with Crippen LogP contribution >= 0.6 is 0 Å². The number of rotatable bonds is 3. The van der Waals surface area contributed by atoms with E-state index in [-0.39, 0.29) is 5.43 Å². The van der Waals surface area contributed by atoms with Gasteiger partial charge in [-0.1, -0.05) is 16.7 Å². The minimum atomic E-state index is -0.0243. The van der Waals surface area contributed by atoms with Gasteiger partial charge in [-0.3, -0.25) is 9.48 Å². The number of fused-ring (bicyclic) bond motifs is 2. The lowest BCUT2D eigenvalue weighted by Crippen LogP contribution is -2.14. The van der Waals surface area contributed by atoms with Crippen LogP contribution in [0.25, 0.3) is 32.4 Å². The van der Waals surface area contributed by atoms with Gasteiger partial charge in [0.05, 0.1) is 17.2 Å². The quantitative estimate of drug-likeness (QED) is 0.419. The van der Waals surface area contributed by atoms with Gasteiger partial charge in [-0.15, -0.1) is 0 Å². The molecule has 0 aliphatic rings. The molecule has 0 N–H and O–H groups in total. The van der Waals surface area contributed by atoms with Crippen molar-refractivity contribution < 1.29 is 0 Å². The monoisotopic (exact) mass is 282 g/mol. The lowest BCUT2D eigenvalue weighted by atomic mass is 10.1. The van der Waals surface area contributed by atoms with Crippen molar-refractivity contribution in [2.24, 2.45) is 12.2 Å². The van der Waals surface area contributed by atoms with E-state index >= 15 is 0 Å². The van der Waals surface area contributed by atoms with E-state index in [0.717, 1.165) is 16.6 Å². The van der Waals surface area contributed by atoms with E-state index in [1.54, 1.807) is 17.9 Å². The lowest BCUT2D eigenvalue weighted by molar-refractivity contribution is 0.749. The van der Waals surface area contributed by atoms with E-state index in [2.05, 4.69) is 15.1 Å². The van der Waals surface area contributed by atoms with E-state index < -0.39 is 0 Å². The normalized spacial score (nSPS) is 11.0. The Balaban J connectivity index is 2.42. The molecule has 3 aromatic rings. The summed E-state index contributed by atoms with van der Waals surface area (Å²) in [6, 6.07) is 5.77. The van der Waals surface area contributed by atoms with E-state index in [1.807, 2.05) is 29.7 Å². The van der Waals surface area contributed by atoms with Crippen LogP contribution in [0, 0.1) is 6.92 Å². The Morgan fingerprint density at radius 1 is 1.38 bits per heavy atom. The van der Waals surface area contributed by atoms with Crippen molar-refractivity contribution >= 4 is 21.9 Å². The predicted molar refractivity (Wildman–Crippen MR) is 81.2 cm³/mol. The fraction of sp³-hybridized carbons (Fsp3) is 0.286. The first-order valence-corrected chi connectivity index (χ1v) is 6.59. The Bertz CT molecular complexity index is 945. The van der Waals surface area contributed by atoms with Crippen LogP contribution in [0.5, 0.6) is 0 Å². The zero-order valence-corrected chi connectivity index (χ0v) is 11.8. The zero-order chi connectivity index (χ0) is 15.0. The molecule has 21 heavy (non-hydrogen) atoms. The third-order valence-electron chi connectivity index (χ3n) is 3.60. The van der Waals surface area contributed by atoms with Gasteiger partial charge in [-0.05, 0) is 24.6 Å². The molecule has 0 radical (unpaired) electrons. The van der Waals surface area contributed by atoms with Gasteiger partial charge in [0.25, 0.3) is 0 Å². The fourth-order valence-corrected chi connectivity index (χ4v) is 2.64. The summed E-state index contributed by atoms with van der Waals surface area (Å²) in [5, 5.41) is 8.42. The fourth-order valence-electron chi connectivity index (χ4n) is 2.64. The minimum Gasteiger partial charge on any atom is -0.338 e. The molecular formula is C14H14N6O. The van der Waals surface area contributed by atoms with Crippen LogP contribution in [0.15, 0.2) is 34.3 Å². The van der Waals surface area contributed by atoms with Crippen LogP contribution in [-0.2, 0) is 13.6 Å². The molecule has 0 unspecified atom stereocenters. The molecule has 0 aliphatic heterocycles. The molecule has 0 amide bonds. The summed E-state index contributed by atoms with van der Waals surface area (Å²) < 4.78 is 3.57. The Hall–Kier alpha value is -2.79. The molecule has 0 spiro atoms. The Labute approximate surface area is 120 Å². The van der Waals surface area contributed by atoms with Crippen LogP contribution in [0.4, 0.5) is 0 Å². The smallest absolute Gasteiger partial charge is 0.215 e. The predicted octanol–water partition coefficient (Wildman–Crippen LogP) is 2.51. The Morgan fingerprint density at radius 3 is 2.95 bits per heavy atom. The second-order valence-corrected chi connectivity index (χ2v) is 4.96. The van der Waals surface area contributed by atoms with E-state index in [4.69, 9.17) is 5.53 Å². The number of nitrogens with zero attached hydrogens (tertiary/aromatic N) is 6. The summed E-state index contributed by atoms with van der Waals surface area (Å²) >= 11 is 0. The summed E-state index contributed by atoms with van der Waals surface area (Å²) in [6.07, 6.45) is 1.67. The molecule has 0 atom stereocenters. The summed E-state index contributed by atoms with van der Waals surface area (Å²) in [6.45, 7) is 2.79. The lowest BCUT2D eigenvalue weighted by Gasteiger charge is -2.12. The van der Waals surface area contributed by atoms with Gasteiger partial charge in [-0.25, -0.2) is 0 Å². The second kappa shape index (κ2) is 4.96. The molecule has 1 aromatic carbocycles. The maximum atomic E-state index is 12.6. The highest BCUT2D eigenvalue weighted by molar-refractivity contribution is 5.92. The van der Waals surface area contributed by atoms with E-state index in [0.29, 0.717) is 24.0 Å². The highest BCUT2D eigenvalue weighted by Crippen LogP contribution is 2.19. The van der Waals surface area contributed by atoms with Crippen molar-refractivity contribution in [3.05, 3.63) is 50.6 Å². The van der Waals surface area contributed by atoms with Gasteiger partial charge >= 0.3 is 0 Å². The average Bonchev–Trinajstić information content (AvgIpc) is 2.85. The summed E-state index contributed by atoms with van der Waals surface area (Å²) in [4.78, 5) is 15.4. The highest BCUT2D eigenvalue weighted by Gasteiger charge is 2.13. The molecule has 7 heteroatoms. The minimum absolute atomic E-state index is 0.0243. The molecule has 0 saturated carbocycles. The maximum Gasteiger partial charge on any atom is 0.215 e. The van der Waals surface area contributed by atoms with Crippen molar-refractivity contribution in [2.45, 2.75) is 13.5 Å². The van der Waals surface area contributed by atoms with Gasteiger partial charge in [0.2, 0.25) is 5.43 Å². The SMILES string of the molecule is Cc1ccc2c(c1)c(=O)c1c(cnn1C)n2CCN=[N+]=[N-]. The number of aromatic nitrogens is 3. The van der Waals surface area contributed by atoms with Crippen LogP contribution in [0.1, 0.15) is 5.56 Å². The molecule has 0 saturated heterocycles. The average molecular weight is 282 g/mol. The largest absolute Gasteiger partial charge is 0.338 e. The number of hydrogen-bond donors (Lipinski definition) is 0. The molecule has 0 aliphatic carbocycles. The summed E-state index contributed by atoms with van der Waals surface area (Å²) in [7, 11) is 1.75. The van der Waals surface area contributed by atoms with Crippen molar-refractivity contribution in [3.63, 3.8) is 0 Å². The number of pyridine rings is 1. The standard InChI is InChI=1S/C14H14N6O/c1-9-3-4-11-10(7-9)14(21)13-12(8-17-19(13)2)20(11)6-5-16-18-15/h3-4,7-8H,5-6H2,1-2H3. The number of hydrogen-bond acceptors (Lipinski definition) is 3. The Morgan fingerprint density at radius 2 is 2.19 bits per heavy atom. The van der Waals surface area contributed by atoms with Crippen LogP contribution in [0.3, 0.4) is 0 Å². The van der Waals surface area contributed by atoms with Crippen molar-refractivity contribution in [2.75, 3.05) is 6.54 Å². The van der Waals surface area contributed by atoms with Crippen LogP contribution in [0.2, 0.25) is 0 Å². The molecule has 3 rings (SSSR count). The van der Waals surface area contributed by atoms with Gasteiger partial charge in [0.1, 0.15) is 5.52 Å². The van der Waals surface area contributed by atoms with Gasteiger partial charge in [-0.2, -0.15) is 5.10 Å². The zero-order valence-electron chi connectivity index (χ0n) is 11.8. The molecule has 2 heterocycles. The van der Waals surface area contributed by atoms with Crippen LogP contribution < -0.4 is 5.43 Å². The van der Waals surface area contributed by atoms with Gasteiger partial charge in [0.15, 0.2) is 0 Å². The molecule has 0 fully saturated rings. The maximum absolute atomic E-state index is 12.6. The number of benzene rings is 1. The molecular weight excluding hydrogens is 268 g/mol. The molecule has 2 aromatic heterocycles. The third kappa shape index (κ3) is 2.04. The van der Waals surface area contributed by atoms with Crippen molar-refractivity contribution in [1.82, 2.24) is 14.3 Å². The first-order valence-electron chi connectivity index (χ1n) is 6.59. The first-order chi connectivity index (χ1) is 10.1. The van der Waals surface area contributed by atoms with Crippen molar-refractivity contribution in [3.8, 4) is 0 Å². The topological polar surface area (TPSA) is 88.6 Å². The molecule has 7 nitrogen and oxygen atoms in total. The molecule has 0 bridgehead atoms. The summed E-state index contributed by atoms with van der Waals surface area (Å²) in [5.41, 5.74) is 11.6. The second-order valence-electron chi connectivity index (χ2n) is 4.96. The number of aryl methyl sites for hydroxylation is 2. The van der Waals surface area contributed by atoms with Crippen LogP contribution in [-0.4, -0.2) is 20.9 Å². The van der Waals surface area contributed by atoms with E-state index in [1.165, 1.54) is 0 Å².